The van der Waals surface area contributed by atoms with Gasteiger partial charge in [0.2, 0.25) is 0 Å². The predicted octanol–water partition coefficient (Wildman–Crippen LogP) is 2.97. The maximum Gasteiger partial charge on any atom is 0.346 e. The van der Waals surface area contributed by atoms with Crippen molar-refractivity contribution in [1.29, 1.82) is 0 Å². The van der Waals surface area contributed by atoms with Crippen molar-refractivity contribution in [2.24, 2.45) is 7.05 Å². The molecule has 0 saturated carbocycles. The van der Waals surface area contributed by atoms with E-state index < -0.39 is 5.97 Å². The van der Waals surface area contributed by atoms with Crippen LogP contribution in [0.5, 0.6) is 0 Å². The lowest BCUT2D eigenvalue weighted by Gasteiger charge is -2.04. The second kappa shape index (κ2) is 4.33. The number of hydrogen-bond acceptors (Lipinski definition) is 3. The number of aromatic carboxylic acids is 1. The summed E-state index contributed by atoms with van der Waals surface area (Å²) in [4.78, 5) is 11.5. The molecule has 0 aromatic carbocycles. The zero-order valence-electron chi connectivity index (χ0n) is 9.97. The Morgan fingerprint density at radius 3 is 2.76 bits per heavy atom. The molecule has 5 heteroatoms. The number of carboxylic acid groups (broad SMARTS) is 1. The van der Waals surface area contributed by atoms with Crippen LogP contribution in [0.2, 0.25) is 0 Å². The van der Waals surface area contributed by atoms with Crippen LogP contribution in [0, 0.1) is 0 Å². The van der Waals surface area contributed by atoms with Crippen molar-refractivity contribution in [3.63, 3.8) is 0 Å². The van der Waals surface area contributed by atoms with Crippen LogP contribution in [0.4, 0.5) is 0 Å². The van der Waals surface area contributed by atoms with E-state index in [1.165, 1.54) is 11.3 Å². The van der Waals surface area contributed by atoms with Crippen LogP contribution in [0.1, 0.15) is 35.1 Å². The summed E-state index contributed by atoms with van der Waals surface area (Å²) in [6.45, 7) is 4.11. The van der Waals surface area contributed by atoms with Gasteiger partial charge in [0, 0.05) is 24.4 Å². The molecule has 0 bridgehead atoms. The minimum absolute atomic E-state index is 0.271. The van der Waals surface area contributed by atoms with Crippen molar-refractivity contribution in [2.45, 2.75) is 19.8 Å². The normalized spacial score (nSPS) is 11.1. The summed E-state index contributed by atoms with van der Waals surface area (Å²) in [7, 11) is 1.85. The third-order valence-electron chi connectivity index (χ3n) is 2.55. The van der Waals surface area contributed by atoms with Crippen molar-refractivity contribution in [1.82, 2.24) is 9.78 Å². The van der Waals surface area contributed by atoms with Gasteiger partial charge in [-0.1, -0.05) is 13.8 Å². The number of aryl methyl sites for hydroxylation is 1. The average molecular weight is 250 g/mol. The molecule has 17 heavy (non-hydrogen) atoms. The summed E-state index contributed by atoms with van der Waals surface area (Å²) in [6.07, 6.45) is 1.88. The van der Waals surface area contributed by atoms with Gasteiger partial charge in [-0.2, -0.15) is 5.10 Å². The maximum absolute atomic E-state index is 11.1. The fourth-order valence-electron chi connectivity index (χ4n) is 1.83. The minimum atomic E-state index is -0.881. The Labute approximate surface area is 104 Å². The van der Waals surface area contributed by atoms with Gasteiger partial charge in [-0.05, 0) is 17.4 Å². The van der Waals surface area contributed by atoms with Gasteiger partial charge >= 0.3 is 5.97 Å². The van der Waals surface area contributed by atoms with E-state index >= 15 is 0 Å². The molecule has 0 unspecified atom stereocenters. The molecule has 0 atom stereocenters. The molecule has 2 aromatic rings. The zero-order chi connectivity index (χ0) is 12.6. The second-order valence-corrected chi connectivity index (χ2v) is 5.14. The highest BCUT2D eigenvalue weighted by Gasteiger charge is 2.19. The number of nitrogens with zero attached hydrogens (tertiary/aromatic N) is 2. The van der Waals surface area contributed by atoms with Gasteiger partial charge in [0.25, 0.3) is 0 Å². The number of thiophene rings is 1. The number of rotatable bonds is 3. The first-order valence-electron chi connectivity index (χ1n) is 5.35. The van der Waals surface area contributed by atoms with Crippen molar-refractivity contribution in [3.05, 3.63) is 28.2 Å². The molecule has 0 aliphatic heterocycles. The largest absolute Gasteiger partial charge is 0.477 e. The highest BCUT2D eigenvalue weighted by molar-refractivity contribution is 7.12. The van der Waals surface area contributed by atoms with E-state index in [1.807, 2.05) is 19.3 Å². The molecule has 2 rings (SSSR count). The van der Waals surface area contributed by atoms with E-state index in [4.69, 9.17) is 5.11 Å². The first-order chi connectivity index (χ1) is 8.00. The van der Waals surface area contributed by atoms with Crippen molar-refractivity contribution in [3.8, 4) is 11.1 Å². The van der Waals surface area contributed by atoms with Gasteiger partial charge < -0.3 is 5.11 Å². The van der Waals surface area contributed by atoms with Crippen LogP contribution < -0.4 is 0 Å². The molecule has 90 valence electrons. The highest BCUT2D eigenvalue weighted by atomic mass is 32.1. The van der Waals surface area contributed by atoms with Gasteiger partial charge in [0.1, 0.15) is 4.88 Å². The van der Waals surface area contributed by atoms with Gasteiger partial charge in [0.15, 0.2) is 0 Å². The van der Waals surface area contributed by atoms with E-state index in [0.717, 1.165) is 16.8 Å². The Balaban J connectivity index is 2.60. The number of aromatic nitrogens is 2. The molecule has 0 aliphatic rings. The van der Waals surface area contributed by atoms with Crippen LogP contribution in [-0.2, 0) is 7.05 Å². The fraction of sp³-hybridized carbons (Fsp3) is 0.333. The lowest BCUT2D eigenvalue weighted by atomic mass is 10.0. The fourth-order valence-corrected chi connectivity index (χ4v) is 2.57. The van der Waals surface area contributed by atoms with Gasteiger partial charge in [-0.15, -0.1) is 11.3 Å². The van der Waals surface area contributed by atoms with Crippen molar-refractivity contribution >= 4 is 17.3 Å². The second-order valence-electron chi connectivity index (χ2n) is 4.22. The Hall–Kier alpha value is -1.62. The predicted molar refractivity (Wildman–Crippen MR) is 67.6 cm³/mol. The molecule has 2 aromatic heterocycles. The third kappa shape index (κ3) is 2.10. The topological polar surface area (TPSA) is 55.1 Å². The molecule has 0 aliphatic carbocycles. The summed E-state index contributed by atoms with van der Waals surface area (Å²) in [6, 6.07) is 1.84. The Kier molecular flexibility index (Phi) is 3.02. The van der Waals surface area contributed by atoms with Crippen LogP contribution in [0.3, 0.4) is 0 Å². The SMILES string of the molecule is CC(C)c1nn(C)cc1-c1ccsc1C(=O)O. The first kappa shape index (κ1) is 11.9. The smallest absolute Gasteiger partial charge is 0.346 e. The standard InChI is InChI=1S/C12H14N2O2S/c1-7(2)10-9(6-14(3)13-10)8-4-5-17-11(8)12(15)16/h4-7H,1-3H3,(H,15,16). The highest BCUT2D eigenvalue weighted by Crippen LogP contribution is 2.33. The van der Waals surface area contributed by atoms with E-state index in [1.54, 1.807) is 10.1 Å². The Morgan fingerprint density at radius 2 is 2.18 bits per heavy atom. The quantitative estimate of drug-likeness (QED) is 0.911. The number of hydrogen-bond donors (Lipinski definition) is 1. The first-order valence-corrected chi connectivity index (χ1v) is 6.23. The summed E-state index contributed by atoms with van der Waals surface area (Å²) < 4.78 is 1.73. The molecule has 4 nitrogen and oxygen atoms in total. The van der Waals surface area contributed by atoms with Crippen LogP contribution in [-0.4, -0.2) is 20.9 Å². The molecule has 0 saturated heterocycles. The molecular weight excluding hydrogens is 236 g/mol. The molecule has 1 N–H and O–H groups in total. The van der Waals surface area contributed by atoms with Gasteiger partial charge in [0.05, 0.1) is 5.69 Å². The summed E-state index contributed by atoms with van der Waals surface area (Å²) in [5.74, 6) is -0.610. The van der Waals surface area contributed by atoms with E-state index in [0.29, 0.717) is 4.88 Å². The van der Waals surface area contributed by atoms with E-state index in [-0.39, 0.29) is 5.92 Å². The van der Waals surface area contributed by atoms with Crippen LogP contribution >= 0.6 is 11.3 Å². The molecular formula is C12H14N2O2S. The Morgan fingerprint density at radius 1 is 1.47 bits per heavy atom. The molecule has 0 fully saturated rings. The molecule has 0 spiro atoms. The summed E-state index contributed by atoms with van der Waals surface area (Å²) >= 11 is 1.25. The van der Waals surface area contributed by atoms with Crippen LogP contribution in [0.15, 0.2) is 17.6 Å². The molecule has 0 radical (unpaired) electrons. The minimum Gasteiger partial charge on any atom is -0.477 e. The zero-order valence-corrected chi connectivity index (χ0v) is 10.8. The molecule has 0 amide bonds. The van der Waals surface area contributed by atoms with Crippen molar-refractivity contribution < 1.29 is 9.90 Å². The lowest BCUT2D eigenvalue weighted by Crippen LogP contribution is -1.97. The Bertz CT molecular complexity index is 555. The van der Waals surface area contributed by atoms with E-state index in [2.05, 4.69) is 18.9 Å². The van der Waals surface area contributed by atoms with Gasteiger partial charge in [-0.25, -0.2) is 4.79 Å². The third-order valence-corrected chi connectivity index (χ3v) is 3.46. The number of carbonyl (C=O) groups is 1. The van der Waals surface area contributed by atoms with E-state index in [9.17, 15) is 4.79 Å². The average Bonchev–Trinajstić information content (AvgIpc) is 2.82. The number of carboxylic acids is 1. The summed E-state index contributed by atoms with van der Waals surface area (Å²) in [5.41, 5.74) is 2.62. The molecule has 2 heterocycles. The summed E-state index contributed by atoms with van der Waals surface area (Å²) in [5, 5.41) is 15.3. The van der Waals surface area contributed by atoms with Crippen LogP contribution in [0.25, 0.3) is 11.1 Å². The van der Waals surface area contributed by atoms with Crippen molar-refractivity contribution in [2.75, 3.05) is 0 Å². The monoisotopic (exact) mass is 250 g/mol. The lowest BCUT2D eigenvalue weighted by molar-refractivity contribution is 0.0703. The van der Waals surface area contributed by atoms with Gasteiger partial charge in [-0.3, -0.25) is 4.68 Å². The maximum atomic E-state index is 11.1.